The molecule has 0 heterocycles. The van der Waals surface area contributed by atoms with Gasteiger partial charge in [0, 0.05) is 42.4 Å². The van der Waals surface area contributed by atoms with Gasteiger partial charge in [-0.1, -0.05) is 25.1 Å². The number of carbonyl (C=O) groups is 4. The highest BCUT2D eigenvalue weighted by Gasteiger charge is 2.21. The van der Waals surface area contributed by atoms with Crippen LogP contribution in [-0.4, -0.2) is 57.2 Å². The molecule has 1 atom stereocenters. The highest BCUT2D eigenvalue weighted by atomic mass is 32.2. The third kappa shape index (κ3) is 11.3. The van der Waals surface area contributed by atoms with E-state index in [4.69, 9.17) is 5.73 Å². The number of hydrogen-bond donors (Lipinski definition) is 9. The minimum Gasteiger partial charge on any atom is -0.481 e. The minimum absolute atomic E-state index is 0.113. The normalized spacial score (nSPS) is 11.4. The predicted octanol–water partition coefficient (Wildman–Crippen LogP) is 3.44. The molecule has 3 aromatic rings. The van der Waals surface area contributed by atoms with Crippen LogP contribution in [0, 0.1) is 0 Å². The van der Waals surface area contributed by atoms with Crippen LogP contribution in [-0.2, 0) is 14.8 Å². The lowest BCUT2D eigenvalue weighted by Crippen LogP contribution is -2.34. The van der Waals surface area contributed by atoms with E-state index in [1.165, 1.54) is 36.4 Å². The van der Waals surface area contributed by atoms with E-state index in [9.17, 15) is 32.7 Å². The largest absolute Gasteiger partial charge is 0.481 e. The van der Waals surface area contributed by atoms with Crippen molar-refractivity contribution in [3.8, 4) is 0 Å². The summed E-state index contributed by atoms with van der Waals surface area (Å²) in [5.74, 6) is -1.19. The number of benzene rings is 3. The molecule has 45 heavy (non-hydrogen) atoms. The Balaban J connectivity index is 1.69. The number of amides is 6. The molecule has 10 N–H and O–H groups in total. The SMILES string of the molecule is CCCNC(=O)Nc1cccc(S(=O)(=O)Nc2cccc([C@@H](CC(=O)O)NC(=O)Nc3ccc(NC(=O)NCCN)cc3)c2)c1. The van der Waals surface area contributed by atoms with Crippen molar-refractivity contribution in [2.24, 2.45) is 5.73 Å². The molecule has 0 aliphatic carbocycles. The van der Waals surface area contributed by atoms with Gasteiger partial charge in [0.15, 0.2) is 0 Å². The summed E-state index contributed by atoms with van der Waals surface area (Å²) in [5.41, 5.74) is 6.93. The summed E-state index contributed by atoms with van der Waals surface area (Å²) < 4.78 is 28.7. The summed E-state index contributed by atoms with van der Waals surface area (Å²) in [7, 11) is -4.11. The van der Waals surface area contributed by atoms with E-state index in [0.717, 1.165) is 6.42 Å². The number of hydrogen-bond acceptors (Lipinski definition) is 7. The number of anilines is 4. The Kier molecular flexibility index (Phi) is 12.5. The molecule has 0 spiro atoms. The number of urea groups is 3. The summed E-state index contributed by atoms with van der Waals surface area (Å²) in [5, 5.41) is 25.1. The van der Waals surface area contributed by atoms with Crippen LogP contribution in [0.3, 0.4) is 0 Å². The number of carbonyl (C=O) groups excluding carboxylic acids is 3. The molecule has 3 aromatic carbocycles. The molecule has 0 aliphatic heterocycles. The lowest BCUT2D eigenvalue weighted by Gasteiger charge is -2.19. The van der Waals surface area contributed by atoms with Crippen molar-refractivity contribution in [2.75, 3.05) is 40.3 Å². The van der Waals surface area contributed by atoms with Crippen molar-refractivity contribution in [2.45, 2.75) is 30.7 Å². The van der Waals surface area contributed by atoms with Crippen LogP contribution < -0.4 is 42.4 Å². The van der Waals surface area contributed by atoms with Gasteiger partial charge in [0.25, 0.3) is 10.0 Å². The van der Waals surface area contributed by atoms with Gasteiger partial charge in [-0.05, 0) is 66.6 Å². The number of rotatable bonds is 14. The lowest BCUT2D eigenvalue weighted by molar-refractivity contribution is -0.137. The molecule has 3 rings (SSSR count). The maximum absolute atomic E-state index is 13.1. The van der Waals surface area contributed by atoms with Crippen molar-refractivity contribution in [3.05, 3.63) is 78.4 Å². The zero-order chi connectivity index (χ0) is 32.8. The Morgan fingerprint density at radius 3 is 1.96 bits per heavy atom. The molecule has 0 fully saturated rings. The molecular weight excluding hydrogens is 604 g/mol. The van der Waals surface area contributed by atoms with E-state index in [-0.39, 0.29) is 16.3 Å². The van der Waals surface area contributed by atoms with Crippen LogP contribution in [0.1, 0.15) is 31.4 Å². The molecule has 0 radical (unpaired) electrons. The number of sulfonamides is 1. The van der Waals surface area contributed by atoms with Gasteiger partial charge in [0.05, 0.1) is 17.4 Å². The van der Waals surface area contributed by atoms with E-state index in [2.05, 4.69) is 36.6 Å². The Hall–Kier alpha value is -5.35. The Morgan fingerprint density at radius 2 is 1.33 bits per heavy atom. The van der Waals surface area contributed by atoms with Crippen LogP contribution in [0.15, 0.2) is 77.7 Å². The zero-order valence-electron chi connectivity index (χ0n) is 24.4. The number of carboxylic acid groups (broad SMARTS) is 1. The van der Waals surface area contributed by atoms with E-state index in [1.54, 1.807) is 36.4 Å². The van der Waals surface area contributed by atoms with Crippen molar-refractivity contribution in [1.29, 1.82) is 0 Å². The zero-order valence-corrected chi connectivity index (χ0v) is 25.2. The number of aliphatic carboxylic acids is 1. The standard InChI is InChI=1S/C29H36N8O7S/c1-2-14-31-27(40)35-22-6-4-8-24(17-22)45(43,44)37-23-7-3-5-19(16-23)25(18-26(38)39)36-29(42)34-21-11-9-20(10-12-21)33-28(41)32-15-13-30/h3-12,16-17,25,37H,2,13-15,18,30H2,1H3,(H,38,39)(H2,31,35,40)(H2,32,33,41)(H2,34,36,42)/t25-/m1/s1. The molecule has 0 aliphatic rings. The van der Waals surface area contributed by atoms with E-state index in [1.807, 2.05) is 6.92 Å². The first-order chi connectivity index (χ1) is 21.5. The van der Waals surface area contributed by atoms with Crippen LogP contribution >= 0.6 is 0 Å². The van der Waals surface area contributed by atoms with E-state index < -0.39 is 46.5 Å². The second-order valence-corrected chi connectivity index (χ2v) is 11.3. The first-order valence-corrected chi connectivity index (χ1v) is 15.4. The molecule has 16 heteroatoms. The number of nitrogens with two attached hydrogens (primary N) is 1. The third-order valence-electron chi connectivity index (χ3n) is 5.99. The number of nitrogens with one attached hydrogen (secondary N) is 7. The second kappa shape index (κ2) is 16.5. The highest BCUT2D eigenvalue weighted by molar-refractivity contribution is 7.92. The average molecular weight is 641 g/mol. The second-order valence-electron chi connectivity index (χ2n) is 9.64. The lowest BCUT2D eigenvalue weighted by atomic mass is 10.0. The number of carboxylic acids is 1. The van der Waals surface area contributed by atoms with Gasteiger partial charge in [-0.2, -0.15) is 0 Å². The molecule has 15 nitrogen and oxygen atoms in total. The van der Waals surface area contributed by atoms with Gasteiger partial charge in [-0.3, -0.25) is 9.52 Å². The monoisotopic (exact) mass is 640 g/mol. The summed E-state index contributed by atoms with van der Waals surface area (Å²) in [6, 6.07) is 15.3. The van der Waals surface area contributed by atoms with Gasteiger partial charge in [0.2, 0.25) is 0 Å². The fourth-order valence-corrected chi connectivity index (χ4v) is 5.03. The molecule has 0 unspecified atom stereocenters. The van der Waals surface area contributed by atoms with Crippen molar-refractivity contribution >= 4 is 56.8 Å². The average Bonchev–Trinajstić information content (AvgIpc) is 2.99. The Labute approximate surface area is 260 Å². The third-order valence-corrected chi connectivity index (χ3v) is 7.37. The Bertz CT molecular complexity index is 1600. The van der Waals surface area contributed by atoms with Crippen LogP contribution in [0.5, 0.6) is 0 Å². The summed E-state index contributed by atoms with van der Waals surface area (Å²) in [6.07, 6.45) is 0.251. The molecule has 0 saturated heterocycles. The molecule has 0 bridgehead atoms. The maximum Gasteiger partial charge on any atom is 0.319 e. The van der Waals surface area contributed by atoms with E-state index in [0.29, 0.717) is 36.6 Å². The van der Waals surface area contributed by atoms with Crippen molar-refractivity contribution < 1.29 is 32.7 Å². The van der Waals surface area contributed by atoms with Crippen LogP contribution in [0.25, 0.3) is 0 Å². The molecule has 6 amide bonds. The van der Waals surface area contributed by atoms with Crippen molar-refractivity contribution in [3.63, 3.8) is 0 Å². The fraction of sp³-hybridized carbons (Fsp3) is 0.241. The highest BCUT2D eigenvalue weighted by Crippen LogP contribution is 2.24. The quantitative estimate of drug-likeness (QED) is 0.126. The van der Waals surface area contributed by atoms with Gasteiger partial charge < -0.3 is 42.7 Å². The summed E-state index contributed by atoms with van der Waals surface area (Å²) >= 11 is 0. The summed E-state index contributed by atoms with van der Waals surface area (Å²) in [4.78, 5) is 48.0. The van der Waals surface area contributed by atoms with Gasteiger partial charge in [0.1, 0.15) is 0 Å². The predicted molar refractivity (Wildman–Crippen MR) is 171 cm³/mol. The molecule has 240 valence electrons. The van der Waals surface area contributed by atoms with E-state index >= 15 is 0 Å². The van der Waals surface area contributed by atoms with Gasteiger partial charge in [-0.15, -0.1) is 0 Å². The molecular formula is C29H36N8O7S. The minimum atomic E-state index is -4.11. The fourth-order valence-electron chi connectivity index (χ4n) is 3.94. The summed E-state index contributed by atoms with van der Waals surface area (Å²) in [6.45, 7) is 2.97. The van der Waals surface area contributed by atoms with Crippen LogP contribution in [0.2, 0.25) is 0 Å². The maximum atomic E-state index is 13.1. The Morgan fingerprint density at radius 1 is 0.756 bits per heavy atom. The van der Waals surface area contributed by atoms with Crippen molar-refractivity contribution in [1.82, 2.24) is 16.0 Å². The topological polar surface area (TPSA) is 233 Å². The van der Waals surface area contributed by atoms with Crippen LogP contribution in [0.4, 0.5) is 37.1 Å². The first kappa shape index (κ1) is 34.1. The first-order valence-electron chi connectivity index (χ1n) is 13.9. The molecule has 0 aromatic heterocycles. The van der Waals surface area contributed by atoms with Gasteiger partial charge >= 0.3 is 24.1 Å². The van der Waals surface area contributed by atoms with Gasteiger partial charge in [-0.25, -0.2) is 22.8 Å². The smallest absolute Gasteiger partial charge is 0.319 e. The molecule has 0 saturated carbocycles.